The first-order valence-corrected chi connectivity index (χ1v) is 22.6. The summed E-state index contributed by atoms with van der Waals surface area (Å²) >= 11 is 0. The maximum atomic E-state index is 16.5. The molecule has 4 saturated heterocycles. The van der Waals surface area contributed by atoms with E-state index in [9.17, 15) is 14.7 Å². The molecule has 2 N–H and O–H groups in total. The van der Waals surface area contributed by atoms with Crippen molar-refractivity contribution in [1.29, 1.82) is 0 Å². The summed E-state index contributed by atoms with van der Waals surface area (Å²) in [5, 5.41) is 13.3. The van der Waals surface area contributed by atoms with E-state index in [2.05, 4.69) is 22.3 Å². The van der Waals surface area contributed by atoms with Crippen molar-refractivity contribution in [2.75, 3.05) is 54.7 Å². The Labute approximate surface area is 323 Å². The molecule has 3 aromatic rings. The molecule has 5 atom stereocenters. The largest absolute Gasteiger partial charge is 0.497 e. The Morgan fingerprint density at radius 3 is 2.47 bits per heavy atom. The Hall–Kier alpha value is -4.30. The SMILES string of the molecule is COc1ccc2c(c1)[C@@]1(O[C@H](CC(=O)N3CCC[C@H]3CO)[C@@H]([Si](C)(C)F)[C@@H]1C)C(=O)N2Cc1cccc(N2CN(c3ccccc3)C3(CCNCC3)C2=O)c1. The lowest BCUT2D eigenvalue weighted by atomic mass is 9.82. The van der Waals surface area contributed by atoms with Crippen molar-refractivity contribution in [1.82, 2.24) is 10.2 Å². The fraction of sp³-hybridized carbons (Fsp3) is 0.500. The Kier molecular flexibility index (Phi) is 9.80. The van der Waals surface area contributed by atoms with Crippen molar-refractivity contribution >= 4 is 43.2 Å². The van der Waals surface area contributed by atoms with Gasteiger partial charge in [0.25, 0.3) is 11.8 Å². The molecule has 0 unspecified atom stereocenters. The van der Waals surface area contributed by atoms with Crippen LogP contribution >= 0.6 is 0 Å². The molecule has 8 rings (SSSR count). The van der Waals surface area contributed by atoms with Crippen LogP contribution in [0.25, 0.3) is 0 Å². The van der Waals surface area contributed by atoms with E-state index in [0.29, 0.717) is 43.1 Å². The van der Waals surface area contributed by atoms with Gasteiger partial charge in [0.1, 0.15) is 11.3 Å². The van der Waals surface area contributed by atoms with Gasteiger partial charge in [0.2, 0.25) is 14.3 Å². The van der Waals surface area contributed by atoms with Crippen molar-refractivity contribution in [3.8, 4) is 5.75 Å². The monoisotopic (exact) mass is 769 g/mol. The van der Waals surface area contributed by atoms with Gasteiger partial charge in [-0.3, -0.25) is 19.3 Å². The fourth-order valence-electron chi connectivity index (χ4n) is 10.3. The fourth-order valence-corrected chi connectivity index (χ4v) is 12.8. The van der Waals surface area contributed by atoms with Gasteiger partial charge in [-0.1, -0.05) is 37.3 Å². The zero-order chi connectivity index (χ0) is 38.7. The normalized spacial score (nSPS) is 27.5. The van der Waals surface area contributed by atoms with Crippen LogP contribution in [0.4, 0.5) is 21.2 Å². The van der Waals surface area contributed by atoms with Crippen molar-refractivity contribution in [3.63, 3.8) is 0 Å². The van der Waals surface area contributed by atoms with E-state index in [1.54, 1.807) is 30.0 Å². The molecule has 55 heavy (non-hydrogen) atoms. The lowest BCUT2D eigenvalue weighted by molar-refractivity contribution is -0.150. The smallest absolute Gasteiger partial charge is 0.264 e. The minimum atomic E-state index is -3.51. The van der Waals surface area contributed by atoms with Gasteiger partial charge in [0.15, 0.2) is 5.60 Å². The number of hydrogen-bond acceptors (Lipinski definition) is 8. The first-order valence-electron chi connectivity index (χ1n) is 19.6. The number of hydrogen-bond donors (Lipinski definition) is 2. The summed E-state index contributed by atoms with van der Waals surface area (Å²) in [4.78, 5) is 50.8. The molecule has 0 aromatic heterocycles. The van der Waals surface area contributed by atoms with Crippen LogP contribution in [0.15, 0.2) is 72.8 Å². The van der Waals surface area contributed by atoms with Crippen LogP contribution in [-0.2, 0) is 31.3 Å². The number of para-hydroxylation sites is 1. The van der Waals surface area contributed by atoms with Gasteiger partial charge in [-0.15, -0.1) is 0 Å². The average molecular weight is 770 g/mol. The van der Waals surface area contributed by atoms with Gasteiger partial charge in [-0.25, -0.2) is 0 Å². The van der Waals surface area contributed by atoms with Crippen LogP contribution in [-0.4, -0.2) is 93.8 Å². The summed E-state index contributed by atoms with van der Waals surface area (Å²) in [5.41, 5.74) is 1.02. The summed E-state index contributed by atoms with van der Waals surface area (Å²) in [6, 6.07) is 23.1. The first kappa shape index (κ1) is 37.6. The zero-order valence-corrected chi connectivity index (χ0v) is 33.2. The number of halogens is 1. The topological polar surface area (TPSA) is 115 Å². The molecule has 3 aromatic carbocycles. The van der Waals surface area contributed by atoms with Gasteiger partial charge >= 0.3 is 0 Å². The second kappa shape index (κ2) is 14.3. The second-order valence-electron chi connectivity index (χ2n) is 16.4. The van der Waals surface area contributed by atoms with E-state index in [4.69, 9.17) is 9.47 Å². The lowest BCUT2D eigenvalue weighted by Gasteiger charge is -2.39. The van der Waals surface area contributed by atoms with Crippen LogP contribution < -0.4 is 24.8 Å². The number of methoxy groups -OCH3 is 1. The second-order valence-corrected chi connectivity index (χ2v) is 20.2. The number of fused-ring (bicyclic) bond motifs is 2. The Morgan fingerprint density at radius 1 is 1.02 bits per heavy atom. The number of amides is 3. The van der Waals surface area contributed by atoms with E-state index >= 15 is 8.90 Å². The number of carbonyl (C=O) groups excluding carboxylic acids is 3. The number of benzene rings is 3. The molecule has 5 aliphatic rings. The molecule has 11 nitrogen and oxygen atoms in total. The van der Waals surface area contributed by atoms with E-state index in [-0.39, 0.29) is 43.3 Å². The van der Waals surface area contributed by atoms with Crippen molar-refractivity contribution in [2.24, 2.45) is 5.92 Å². The number of ether oxygens (including phenoxy) is 2. The van der Waals surface area contributed by atoms with Gasteiger partial charge in [0, 0.05) is 34.9 Å². The molecule has 0 aliphatic carbocycles. The predicted molar refractivity (Wildman–Crippen MR) is 211 cm³/mol. The number of nitrogens with zero attached hydrogens (tertiary/aromatic N) is 4. The summed E-state index contributed by atoms with van der Waals surface area (Å²) in [6.45, 7) is 7.67. The third-order valence-corrected chi connectivity index (χ3v) is 15.4. The van der Waals surface area contributed by atoms with Crippen molar-refractivity contribution < 1.29 is 33.1 Å². The first-order chi connectivity index (χ1) is 26.4. The molecule has 3 amide bonds. The Bertz CT molecular complexity index is 1960. The Balaban J connectivity index is 1.12. The van der Waals surface area contributed by atoms with Gasteiger partial charge in [-0.05, 0) is 99.9 Å². The molecule has 292 valence electrons. The molecule has 5 heterocycles. The predicted octanol–water partition coefficient (Wildman–Crippen LogP) is 5.32. The summed E-state index contributed by atoms with van der Waals surface area (Å²) in [7, 11) is -1.95. The molecular weight excluding hydrogens is 718 g/mol. The van der Waals surface area contributed by atoms with E-state index in [1.807, 2.05) is 72.5 Å². The molecule has 5 aliphatic heterocycles. The number of anilines is 3. The van der Waals surface area contributed by atoms with E-state index in [0.717, 1.165) is 42.9 Å². The number of aliphatic hydroxyl groups excluding tert-OH is 1. The quantitative estimate of drug-likeness (QED) is 0.222. The molecule has 4 fully saturated rings. The highest BCUT2D eigenvalue weighted by Crippen LogP contribution is 2.61. The highest BCUT2D eigenvalue weighted by molar-refractivity contribution is 6.72. The van der Waals surface area contributed by atoms with Crippen LogP contribution in [0, 0.1) is 5.92 Å². The van der Waals surface area contributed by atoms with Crippen LogP contribution in [0.2, 0.25) is 18.6 Å². The van der Waals surface area contributed by atoms with Crippen molar-refractivity contribution in [3.05, 3.63) is 83.9 Å². The molecule has 0 bridgehead atoms. The maximum Gasteiger partial charge on any atom is 0.264 e. The van der Waals surface area contributed by atoms with Gasteiger partial charge in [0.05, 0.1) is 51.2 Å². The Morgan fingerprint density at radius 2 is 1.76 bits per heavy atom. The summed E-state index contributed by atoms with van der Waals surface area (Å²) in [5.74, 6) is -0.453. The van der Waals surface area contributed by atoms with Gasteiger partial charge in [-0.2, -0.15) is 0 Å². The number of nitrogens with one attached hydrogen (secondary N) is 1. The molecule has 13 heteroatoms. The molecular formula is C42H52FN5O6Si. The maximum absolute atomic E-state index is 16.5. The third kappa shape index (κ3) is 6.14. The number of likely N-dealkylation sites (tertiary alicyclic amines) is 1. The highest BCUT2D eigenvalue weighted by atomic mass is 28.4. The third-order valence-electron chi connectivity index (χ3n) is 13.0. The number of aliphatic hydroxyl groups is 1. The minimum absolute atomic E-state index is 0.0658. The van der Waals surface area contributed by atoms with Crippen molar-refractivity contribution in [2.45, 2.75) is 87.5 Å². The standard InChI is InChI=1S/C42H52FN5O6Si/c1-28-38(55(3,4)43)36(24-37(50)45-21-9-14-32(45)26-49)54-42(28)34-23-33(53-2)15-16-35(34)46(40(42)52)25-29-10-8-13-31(22-29)47-27-48(30-11-6-5-7-12-30)41(39(47)51)17-19-44-20-18-41/h5-8,10-13,15-16,22-23,28,32,36,38,44,49H,9,14,17-21,24-27H2,1-4H3/t28-,32-,36+,38-,42+/m0/s1. The van der Waals surface area contributed by atoms with E-state index < -0.39 is 37.1 Å². The van der Waals surface area contributed by atoms with Crippen LogP contribution in [0.3, 0.4) is 0 Å². The average Bonchev–Trinajstić information content (AvgIpc) is 3.91. The minimum Gasteiger partial charge on any atom is -0.497 e. The highest BCUT2D eigenvalue weighted by Gasteiger charge is 2.67. The summed E-state index contributed by atoms with van der Waals surface area (Å²) < 4.78 is 29.0. The van der Waals surface area contributed by atoms with E-state index in [1.165, 1.54) is 0 Å². The number of piperidine rings is 1. The van der Waals surface area contributed by atoms with Gasteiger partial charge < -0.3 is 38.7 Å². The number of rotatable bonds is 9. The molecule has 0 saturated carbocycles. The zero-order valence-electron chi connectivity index (χ0n) is 32.2. The molecule has 0 radical (unpaired) electrons. The summed E-state index contributed by atoms with van der Waals surface area (Å²) in [6.07, 6.45) is 2.03. The lowest BCUT2D eigenvalue weighted by Crippen LogP contribution is -2.55. The molecule has 2 spiro atoms. The van der Waals surface area contributed by atoms with Crippen LogP contribution in [0.5, 0.6) is 5.75 Å². The van der Waals surface area contributed by atoms with Crippen LogP contribution in [0.1, 0.15) is 50.2 Å². The number of carbonyl (C=O) groups is 3.